The number of hydrogen-bond acceptors (Lipinski definition) is 3. The molecule has 1 aliphatic carbocycles. The Balaban J connectivity index is 1.74. The van der Waals surface area contributed by atoms with Crippen LogP contribution in [0.3, 0.4) is 0 Å². The second-order valence-corrected chi connectivity index (χ2v) is 7.09. The quantitative estimate of drug-likeness (QED) is 0.825. The van der Waals surface area contributed by atoms with E-state index in [1.54, 1.807) is 0 Å². The van der Waals surface area contributed by atoms with Crippen molar-refractivity contribution in [2.75, 3.05) is 13.6 Å². The maximum Gasteiger partial charge on any atom is 0.321 e. The molecule has 1 atom stereocenters. The fourth-order valence-electron chi connectivity index (χ4n) is 3.68. The van der Waals surface area contributed by atoms with Crippen LogP contribution in [0.2, 0.25) is 0 Å². The normalized spacial score (nSPS) is 15.4. The number of urea groups is 1. The van der Waals surface area contributed by atoms with E-state index in [1.165, 1.54) is 29.3 Å². The molecule has 1 unspecified atom stereocenters. The Morgan fingerprint density at radius 2 is 1.85 bits per heavy atom. The predicted molar refractivity (Wildman–Crippen MR) is 106 cm³/mol. The van der Waals surface area contributed by atoms with Gasteiger partial charge in [-0.15, -0.1) is 0 Å². The van der Waals surface area contributed by atoms with Crippen molar-refractivity contribution < 1.29 is 9.59 Å². The van der Waals surface area contributed by atoms with Gasteiger partial charge in [-0.3, -0.25) is 15.0 Å². The van der Waals surface area contributed by atoms with Crippen molar-refractivity contribution in [1.29, 1.82) is 0 Å². The van der Waals surface area contributed by atoms with Crippen LogP contribution in [-0.2, 0) is 17.8 Å². The van der Waals surface area contributed by atoms with Crippen LogP contribution in [0.25, 0.3) is 0 Å². The molecule has 3 amide bonds. The van der Waals surface area contributed by atoms with Gasteiger partial charge in [-0.1, -0.05) is 54.1 Å². The van der Waals surface area contributed by atoms with Crippen LogP contribution < -0.4 is 10.6 Å². The van der Waals surface area contributed by atoms with Crippen LogP contribution in [0.1, 0.15) is 41.1 Å². The van der Waals surface area contributed by atoms with Gasteiger partial charge in [0.1, 0.15) is 0 Å². The first-order valence-corrected chi connectivity index (χ1v) is 9.46. The lowest BCUT2D eigenvalue weighted by Crippen LogP contribution is -2.39. The van der Waals surface area contributed by atoms with Crippen molar-refractivity contribution in [1.82, 2.24) is 15.5 Å². The van der Waals surface area contributed by atoms with Crippen molar-refractivity contribution in [3.05, 3.63) is 70.8 Å². The first-order valence-electron chi connectivity index (χ1n) is 9.46. The maximum atomic E-state index is 12.1. The summed E-state index contributed by atoms with van der Waals surface area (Å²) in [7, 11) is 1.50. The molecule has 0 radical (unpaired) electrons. The molecule has 0 saturated heterocycles. The highest BCUT2D eigenvalue weighted by Crippen LogP contribution is 2.36. The molecule has 2 aromatic carbocycles. The molecule has 5 heteroatoms. The van der Waals surface area contributed by atoms with E-state index in [0.717, 1.165) is 19.4 Å². The van der Waals surface area contributed by atoms with Gasteiger partial charge in [-0.05, 0) is 36.5 Å². The standard InChI is InChI=1S/C22H27N3O2/c1-16-7-9-17(10-8-16)15-25(14-13-21(26)24-22(27)23-2)20-12-11-18-5-3-4-6-19(18)20/h3-10,20H,11-15H2,1-2H3,(H2,23,24,26,27). The van der Waals surface area contributed by atoms with Crippen LogP contribution in [0.15, 0.2) is 48.5 Å². The number of aryl methyl sites for hydroxylation is 2. The summed E-state index contributed by atoms with van der Waals surface area (Å²) in [4.78, 5) is 25.8. The van der Waals surface area contributed by atoms with Crippen molar-refractivity contribution >= 4 is 11.9 Å². The van der Waals surface area contributed by atoms with Gasteiger partial charge in [0.25, 0.3) is 0 Å². The van der Waals surface area contributed by atoms with Gasteiger partial charge >= 0.3 is 6.03 Å². The van der Waals surface area contributed by atoms with E-state index >= 15 is 0 Å². The second kappa shape index (κ2) is 8.82. The van der Waals surface area contributed by atoms with Gasteiger partial charge < -0.3 is 5.32 Å². The summed E-state index contributed by atoms with van der Waals surface area (Å²) in [6.45, 7) is 3.47. The molecule has 0 aliphatic heterocycles. The maximum absolute atomic E-state index is 12.1. The molecule has 1 aliphatic rings. The number of carbonyl (C=O) groups excluding carboxylic acids is 2. The molecule has 27 heavy (non-hydrogen) atoms. The summed E-state index contributed by atoms with van der Waals surface area (Å²) in [5.74, 6) is -0.255. The van der Waals surface area contributed by atoms with Crippen LogP contribution in [0.5, 0.6) is 0 Å². The van der Waals surface area contributed by atoms with Crippen LogP contribution in [0.4, 0.5) is 4.79 Å². The zero-order valence-electron chi connectivity index (χ0n) is 16.0. The molecule has 0 heterocycles. The molecule has 142 valence electrons. The second-order valence-electron chi connectivity index (χ2n) is 7.09. The molecular formula is C22H27N3O2. The molecule has 0 saturated carbocycles. The lowest BCUT2D eigenvalue weighted by molar-refractivity contribution is -0.120. The van der Waals surface area contributed by atoms with Gasteiger partial charge in [0.15, 0.2) is 0 Å². The summed E-state index contributed by atoms with van der Waals surface area (Å²) in [5.41, 5.74) is 5.22. The van der Waals surface area contributed by atoms with Gasteiger partial charge in [-0.25, -0.2) is 4.79 Å². The van der Waals surface area contributed by atoms with E-state index in [1.807, 2.05) is 0 Å². The van der Waals surface area contributed by atoms with Gasteiger partial charge in [0, 0.05) is 32.6 Å². The third-order valence-electron chi connectivity index (χ3n) is 5.15. The Bertz CT molecular complexity index is 801. The topological polar surface area (TPSA) is 61.4 Å². The molecule has 0 aromatic heterocycles. The zero-order valence-corrected chi connectivity index (χ0v) is 16.0. The van der Waals surface area contributed by atoms with Crippen LogP contribution in [0, 0.1) is 6.92 Å². The highest BCUT2D eigenvalue weighted by Gasteiger charge is 2.28. The SMILES string of the molecule is CNC(=O)NC(=O)CCN(Cc1ccc(C)cc1)C1CCc2ccccc21. The molecular weight excluding hydrogens is 338 g/mol. The number of rotatable bonds is 6. The van der Waals surface area contributed by atoms with Gasteiger partial charge in [0.05, 0.1) is 0 Å². The Morgan fingerprint density at radius 1 is 1.11 bits per heavy atom. The predicted octanol–water partition coefficient (Wildman–Crippen LogP) is 3.33. The Morgan fingerprint density at radius 3 is 2.59 bits per heavy atom. The fraction of sp³-hybridized carbons (Fsp3) is 0.364. The summed E-state index contributed by atoms with van der Waals surface area (Å²) in [5, 5.41) is 4.76. The van der Waals surface area contributed by atoms with Crippen molar-refractivity contribution in [2.24, 2.45) is 0 Å². The van der Waals surface area contributed by atoms with Gasteiger partial charge in [0.2, 0.25) is 5.91 Å². The number of amides is 3. The van der Waals surface area contributed by atoms with E-state index in [-0.39, 0.29) is 12.3 Å². The number of carbonyl (C=O) groups is 2. The molecule has 3 rings (SSSR count). The van der Waals surface area contributed by atoms with E-state index in [9.17, 15) is 9.59 Å². The van der Waals surface area contributed by atoms with E-state index in [0.29, 0.717) is 12.6 Å². The largest absolute Gasteiger partial charge is 0.341 e. The molecule has 5 nitrogen and oxygen atoms in total. The van der Waals surface area contributed by atoms with Crippen LogP contribution in [-0.4, -0.2) is 30.4 Å². The average Bonchev–Trinajstić information content (AvgIpc) is 3.10. The van der Waals surface area contributed by atoms with Crippen LogP contribution >= 0.6 is 0 Å². The highest BCUT2D eigenvalue weighted by molar-refractivity contribution is 5.94. The summed E-state index contributed by atoms with van der Waals surface area (Å²) in [6, 6.07) is 16.9. The summed E-state index contributed by atoms with van der Waals surface area (Å²) >= 11 is 0. The molecule has 0 fully saturated rings. The average molecular weight is 365 g/mol. The molecule has 2 aromatic rings. The first kappa shape index (κ1) is 19.1. The van der Waals surface area contributed by atoms with Gasteiger partial charge in [-0.2, -0.15) is 0 Å². The van der Waals surface area contributed by atoms with E-state index in [2.05, 4.69) is 71.0 Å². The number of benzene rings is 2. The third-order valence-corrected chi connectivity index (χ3v) is 5.15. The van der Waals surface area contributed by atoms with Crippen molar-refractivity contribution in [3.8, 4) is 0 Å². The summed E-state index contributed by atoms with van der Waals surface area (Å²) < 4.78 is 0. The van der Waals surface area contributed by atoms with Crippen molar-refractivity contribution in [3.63, 3.8) is 0 Å². The van der Waals surface area contributed by atoms with Crippen molar-refractivity contribution in [2.45, 2.75) is 38.8 Å². The summed E-state index contributed by atoms with van der Waals surface area (Å²) in [6.07, 6.45) is 2.41. The minimum Gasteiger partial charge on any atom is -0.341 e. The first-order chi connectivity index (χ1) is 13.1. The lowest BCUT2D eigenvalue weighted by Gasteiger charge is -2.29. The molecule has 0 spiro atoms. The minimum absolute atomic E-state index is 0.255. The Labute approximate surface area is 160 Å². The smallest absolute Gasteiger partial charge is 0.321 e. The lowest BCUT2D eigenvalue weighted by atomic mass is 10.0. The fourth-order valence-corrected chi connectivity index (χ4v) is 3.68. The Kier molecular flexibility index (Phi) is 6.24. The van der Waals surface area contributed by atoms with E-state index < -0.39 is 6.03 Å². The highest BCUT2D eigenvalue weighted by atomic mass is 16.2. The molecule has 0 bridgehead atoms. The zero-order chi connectivity index (χ0) is 19.2. The molecule has 2 N–H and O–H groups in total. The number of nitrogens with one attached hydrogen (secondary N) is 2. The van der Waals surface area contributed by atoms with E-state index in [4.69, 9.17) is 0 Å². The number of hydrogen-bond donors (Lipinski definition) is 2. The minimum atomic E-state index is -0.462. The third kappa shape index (κ3) is 4.95. The number of imide groups is 1. The Hall–Kier alpha value is -2.66. The number of nitrogens with zero attached hydrogens (tertiary/aromatic N) is 1. The monoisotopic (exact) mass is 365 g/mol. The number of fused-ring (bicyclic) bond motifs is 1.